The zero-order valence-corrected chi connectivity index (χ0v) is 14.4. The van der Waals surface area contributed by atoms with Crippen molar-refractivity contribution in [2.24, 2.45) is 0 Å². The highest BCUT2D eigenvalue weighted by atomic mass is 79.9. The molecule has 2 aromatic carbocycles. The smallest absolute Gasteiger partial charge is 0.123 e. The van der Waals surface area contributed by atoms with Crippen molar-refractivity contribution < 1.29 is 4.74 Å². The highest BCUT2D eigenvalue weighted by molar-refractivity contribution is 9.10. The first-order valence-electron chi connectivity index (χ1n) is 7.30. The minimum Gasteiger partial charge on any atom is -0.496 e. The van der Waals surface area contributed by atoms with Crippen molar-refractivity contribution in [2.45, 2.75) is 32.4 Å². The van der Waals surface area contributed by atoms with Gasteiger partial charge in [-0.15, -0.1) is 0 Å². The van der Waals surface area contributed by atoms with Gasteiger partial charge in [0.1, 0.15) is 5.75 Å². The Bertz CT molecular complexity index is 568. The molecule has 2 atom stereocenters. The Morgan fingerprint density at radius 2 is 1.76 bits per heavy atom. The van der Waals surface area contributed by atoms with Crippen LogP contribution in [0.5, 0.6) is 5.75 Å². The lowest BCUT2D eigenvalue weighted by atomic mass is 10.0. The molecule has 0 bridgehead atoms. The fourth-order valence-corrected chi connectivity index (χ4v) is 2.82. The third kappa shape index (κ3) is 4.08. The van der Waals surface area contributed by atoms with Crippen LogP contribution in [0.4, 0.5) is 0 Å². The van der Waals surface area contributed by atoms with Crippen LogP contribution in [0.25, 0.3) is 0 Å². The quantitative estimate of drug-likeness (QED) is 0.769. The number of rotatable bonds is 6. The lowest BCUT2D eigenvalue weighted by Gasteiger charge is -2.24. The van der Waals surface area contributed by atoms with Gasteiger partial charge < -0.3 is 10.1 Å². The van der Waals surface area contributed by atoms with Gasteiger partial charge in [-0.1, -0.05) is 53.2 Å². The molecule has 1 N–H and O–H groups in total. The van der Waals surface area contributed by atoms with Crippen molar-refractivity contribution >= 4 is 15.9 Å². The summed E-state index contributed by atoms with van der Waals surface area (Å²) in [6.07, 6.45) is 1.04. The van der Waals surface area contributed by atoms with E-state index in [1.165, 1.54) is 11.1 Å². The molecule has 3 heteroatoms. The third-order valence-electron chi connectivity index (χ3n) is 3.74. The van der Waals surface area contributed by atoms with Gasteiger partial charge in [0.15, 0.2) is 0 Å². The molecule has 0 aliphatic heterocycles. The van der Waals surface area contributed by atoms with E-state index in [0.29, 0.717) is 6.04 Å². The van der Waals surface area contributed by atoms with Crippen molar-refractivity contribution in [1.82, 2.24) is 5.32 Å². The highest BCUT2D eigenvalue weighted by Gasteiger charge is 2.16. The van der Waals surface area contributed by atoms with E-state index in [1.54, 1.807) is 7.11 Å². The van der Waals surface area contributed by atoms with Crippen LogP contribution in [0.15, 0.2) is 53.0 Å². The number of halogens is 1. The number of ether oxygens (including phenoxy) is 1. The highest BCUT2D eigenvalue weighted by Crippen LogP contribution is 2.28. The summed E-state index contributed by atoms with van der Waals surface area (Å²) in [6, 6.07) is 17.3. The molecule has 0 saturated carbocycles. The van der Waals surface area contributed by atoms with Gasteiger partial charge in [-0.3, -0.25) is 0 Å². The van der Waals surface area contributed by atoms with Crippen LogP contribution in [-0.4, -0.2) is 7.11 Å². The molecule has 0 aromatic heterocycles. The molecule has 112 valence electrons. The molecule has 0 spiro atoms. The second-order valence-corrected chi connectivity index (χ2v) is 6.06. The lowest BCUT2D eigenvalue weighted by Crippen LogP contribution is -2.24. The second kappa shape index (κ2) is 7.62. The van der Waals surface area contributed by atoms with E-state index in [-0.39, 0.29) is 6.04 Å². The summed E-state index contributed by atoms with van der Waals surface area (Å²) < 4.78 is 6.57. The Morgan fingerprint density at radius 1 is 1.10 bits per heavy atom. The molecule has 2 nitrogen and oxygen atoms in total. The standard InChI is InChI=1S/C18H22BrNO/c1-4-17(14-9-11-15(19)12-10-14)20-13(2)16-7-5-6-8-18(16)21-3/h5-13,17,20H,4H2,1-3H3/t13-,17?/m1/s1. The number of methoxy groups -OCH3 is 1. The Hall–Kier alpha value is -1.32. The van der Waals surface area contributed by atoms with Crippen molar-refractivity contribution in [3.63, 3.8) is 0 Å². The minimum atomic E-state index is 0.231. The molecule has 0 saturated heterocycles. The number of hydrogen-bond acceptors (Lipinski definition) is 2. The van der Waals surface area contributed by atoms with Gasteiger partial charge in [0.2, 0.25) is 0 Å². The topological polar surface area (TPSA) is 21.3 Å². The maximum absolute atomic E-state index is 5.46. The summed E-state index contributed by atoms with van der Waals surface area (Å²) in [5.74, 6) is 0.933. The van der Waals surface area contributed by atoms with E-state index in [1.807, 2.05) is 12.1 Å². The Labute approximate surface area is 135 Å². The van der Waals surface area contributed by atoms with Gasteiger partial charge in [-0.2, -0.15) is 0 Å². The molecule has 0 heterocycles. The Morgan fingerprint density at radius 3 is 2.38 bits per heavy atom. The van der Waals surface area contributed by atoms with Crippen molar-refractivity contribution in [2.75, 3.05) is 7.11 Å². The van der Waals surface area contributed by atoms with Gasteiger partial charge in [0.05, 0.1) is 7.11 Å². The molecule has 2 aromatic rings. The van der Waals surface area contributed by atoms with Gasteiger partial charge in [0.25, 0.3) is 0 Å². The number of hydrogen-bond donors (Lipinski definition) is 1. The SMILES string of the molecule is CCC(N[C@H](C)c1ccccc1OC)c1ccc(Br)cc1. The fourth-order valence-electron chi connectivity index (χ4n) is 2.56. The average molecular weight is 348 g/mol. The zero-order valence-electron chi connectivity index (χ0n) is 12.8. The van der Waals surface area contributed by atoms with E-state index in [0.717, 1.165) is 16.6 Å². The summed E-state index contributed by atoms with van der Waals surface area (Å²) in [5, 5.41) is 3.70. The summed E-state index contributed by atoms with van der Waals surface area (Å²) in [7, 11) is 1.72. The molecule has 0 aliphatic rings. The summed E-state index contributed by atoms with van der Waals surface area (Å²) in [5.41, 5.74) is 2.50. The normalized spacial score (nSPS) is 13.7. The predicted molar refractivity (Wildman–Crippen MR) is 91.7 cm³/mol. The predicted octanol–water partition coefficient (Wildman–Crippen LogP) is 5.26. The van der Waals surface area contributed by atoms with Crippen LogP contribution < -0.4 is 10.1 Å². The summed E-state index contributed by atoms with van der Waals surface area (Å²) in [4.78, 5) is 0. The maximum Gasteiger partial charge on any atom is 0.123 e. The number of para-hydroxylation sites is 1. The molecule has 0 aliphatic carbocycles. The first-order valence-corrected chi connectivity index (χ1v) is 8.09. The van der Waals surface area contributed by atoms with E-state index in [9.17, 15) is 0 Å². The fraction of sp³-hybridized carbons (Fsp3) is 0.333. The van der Waals surface area contributed by atoms with E-state index < -0.39 is 0 Å². The van der Waals surface area contributed by atoms with Gasteiger partial charge in [-0.05, 0) is 37.1 Å². The average Bonchev–Trinajstić information content (AvgIpc) is 2.53. The van der Waals surface area contributed by atoms with Crippen molar-refractivity contribution in [1.29, 1.82) is 0 Å². The number of nitrogens with one attached hydrogen (secondary N) is 1. The molecular formula is C18H22BrNO. The molecule has 0 fully saturated rings. The van der Waals surface area contributed by atoms with E-state index >= 15 is 0 Å². The molecule has 0 radical (unpaired) electrons. The van der Waals surface area contributed by atoms with E-state index in [4.69, 9.17) is 4.74 Å². The first kappa shape index (κ1) is 16.1. The van der Waals surface area contributed by atoms with Crippen molar-refractivity contribution in [3.05, 3.63) is 64.1 Å². The van der Waals surface area contributed by atoms with Gasteiger partial charge in [-0.25, -0.2) is 0 Å². The lowest BCUT2D eigenvalue weighted by molar-refractivity contribution is 0.392. The van der Waals surface area contributed by atoms with Gasteiger partial charge in [0, 0.05) is 22.1 Å². The Balaban J connectivity index is 2.16. The van der Waals surface area contributed by atoms with Crippen LogP contribution in [0.1, 0.15) is 43.5 Å². The second-order valence-electron chi connectivity index (χ2n) is 5.14. The minimum absolute atomic E-state index is 0.231. The van der Waals surface area contributed by atoms with Crippen LogP contribution in [0, 0.1) is 0 Å². The van der Waals surface area contributed by atoms with Crippen molar-refractivity contribution in [3.8, 4) is 5.75 Å². The monoisotopic (exact) mass is 347 g/mol. The maximum atomic E-state index is 5.46. The largest absolute Gasteiger partial charge is 0.496 e. The molecule has 0 amide bonds. The molecular weight excluding hydrogens is 326 g/mol. The third-order valence-corrected chi connectivity index (χ3v) is 4.27. The molecule has 2 rings (SSSR count). The zero-order chi connectivity index (χ0) is 15.2. The molecule has 21 heavy (non-hydrogen) atoms. The Kier molecular flexibility index (Phi) is 5.83. The van der Waals surface area contributed by atoms with Gasteiger partial charge >= 0.3 is 0 Å². The van der Waals surface area contributed by atoms with Crippen LogP contribution in [0.3, 0.4) is 0 Å². The molecule has 1 unspecified atom stereocenters. The summed E-state index contributed by atoms with van der Waals surface area (Å²) >= 11 is 3.49. The van der Waals surface area contributed by atoms with Crippen LogP contribution in [0.2, 0.25) is 0 Å². The first-order chi connectivity index (χ1) is 10.2. The summed E-state index contributed by atoms with van der Waals surface area (Å²) in [6.45, 7) is 4.38. The van der Waals surface area contributed by atoms with Crippen LogP contribution in [-0.2, 0) is 0 Å². The van der Waals surface area contributed by atoms with E-state index in [2.05, 4.69) is 71.5 Å². The number of benzene rings is 2. The van der Waals surface area contributed by atoms with Crippen LogP contribution >= 0.6 is 15.9 Å².